The molecule has 5 heteroatoms. The van der Waals surface area contributed by atoms with Crippen LogP contribution in [0.15, 0.2) is 40.8 Å². The van der Waals surface area contributed by atoms with Gasteiger partial charge < -0.3 is 0 Å². The van der Waals surface area contributed by atoms with Gasteiger partial charge in [0.15, 0.2) is 0 Å². The number of hydrogen-bond donors (Lipinski definition) is 0. The Morgan fingerprint density at radius 1 is 1.17 bits per heavy atom. The fraction of sp³-hybridized carbons (Fsp3) is 0.333. The molecule has 23 heavy (non-hydrogen) atoms. The normalized spacial score (nSPS) is 13.9. The second kappa shape index (κ2) is 6.71. The van der Waals surface area contributed by atoms with Gasteiger partial charge in [0.05, 0.1) is 16.2 Å². The molecule has 2 rings (SSSR count). The summed E-state index contributed by atoms with van der Waals surface area (Å²) in [6, 6.07) is 10.0. The number of aromatic nitrogens is 1. The molecule has 0 saturated heterocycles. The minimum absolute atomic E-state index is 0.278. The third-order valence-electron chi connectivity index (χ3n) is 3.25. The maximum atomic E-state index is 13.1. The Labute approximate surface area is 139 Å². The summed E-state index contributed by atoms with van der Waals surface area (Å²) in [5, 5.41) is 0. The first-order valence-electron chi connectivity index (χ1n) is 7.39. The number of halogens is 1. The predicted octanol–water partition coefficient (Wildman–Crippen LogP) is 4.47. The molecule has 122 valence electrons. The molecule has 0 aliphatic rings. The fourth-order valence-electron chi connectivity index (χ4n) is 1.96. The summed E-state index contributed by atoms with van der Waals surface area (Å²) < 4.78 is 29.2. The van der Waals surface area contributed by atoms with E-state index in [1.165, 1.54) is 12.1 Å². The van der Waals surface area contributed by atoms with Crippen LogP contribution in [0.3, 0.4) is 0 Å². The molecule has 3 nitrogen and oxygen atoms in total. The Hall–Kier alpha value is -1.88. The number of rotatable bonds is 3. The second-order valence-electron chi connectivity index (χ2n) is 6.43. The lowest BCUT2D eigenvalue weighted by molar-refractivity contribution is 0.628. The lowest BCUT2D eigenvalue weighted by atomic mass is 10.1. The SMILES string of the molecule is CC(=NS(=O)C(C)(C)C)c1cc(C)nc(-c2ccc(F)cc2)c1. The molecule has 2 aromatic rings. The molecule has 0 bridgehead atoms. The Bertz CT molecular complexity index is 762. The first-order chi connectivity index (χ1) is 10.7. The van der Waals surface area contributed by atoms with E-state index in [4.69, 9.17) is 0 Å². The van der Waals surface area contributed by atoms with Crippen molar-refractivity contribution in [3.05, 3.63) is 53.5 Å². The van der Waals surface area contributed by atoms with E-state index in [1.807, 2.05) is 46.8 Å². The molecule has 1 heterocycles. The van der Waals surface area contributed by atoms with E-state index in [0.717, 1.165) is 22.5 Å². The molecule has 0 amide bonds. The Morgan fingerprint density at radius 3 is 2.35 bits per heavy atom. The van der Waals surface area contributed by atoms with Crippen LogP contribution in [0.1, 0.15) is 39.0 Å². The zero-order valence-electron chi connectivity index (χ0n) is 14.1. The molecular formula is C18H21FN2OS. The van der Waals surface area contributed by atoms with Crippen LogP contribution >= 0.6 is 0 Å². The van der Waals surface area contributed by atoms with Gasteiger partial charge in [-0.25, -0.2) is 8.60 Å². The van der Waals surface area contributed by atoms with E-state index < -0.39 is 15.7 Å². The largest absolute Gasteiger partial charge is 0.253 e. The average Bonchev–Trinajstić information content (AvgIpc) is 2.46. The molecular weight excluding hydrogens is 311 g/mol. The molecule has 0 aliphatic carbocycles. The number of aryl methyl sites for hydroxylation is 1. The Kier molecular flexibility index (Phi) is 5.09. The molecule has 1 aromatic carbocycles. The summed E-state index contributed by atoms with van der Waals surface area (Å²) in [6.45, 7) is 9.41. The number of nitrogens with zero attached hydrogens (tertiary/aromatic N) is 2. The summed E-state index contributed by atoms with van der Waals surface area (Å²) in [4.78, 5) is 4.49. The summed E-state index contributed by atoms with van der Waals surface area (Å²) >= 11 is 0. The van der Waals surface area contributed by atoms with Crippen LogP contribution in [0.2, 0.25) is 0 Å². The molecule has 1 unspecified atom stereocenters. The fourth-order valence-corrected chi connectivity index (χ4v) is 2.59. The van der Waals surface area contributed by atoms with Crippen molar-refractivity contribution >= 4 is 16.7 Å². The summed E-state index contributed by atoms with van der Waals surface area (Å²) in [6.07, 6.45) is 0. The van der Waals surface area contributed by atoms with Crippen molar-refractivity contribution in [1.29, 1.82) is 0 Å². The average molecular weight is 332 g/mol. The van der Waals surface area contributed by atoms with Crippen LogP contribution in [0.25, 0.3) is 11.3 Å². The van der Waals surface area contributed by atoms with Crippen molar-refractivity contribution in [2.45, 2.75) is 39.4 Å². The molecule has 0 fully saturated rings. The highest BCUT2D eigenvalue weighted by molar-refractivity contribution is 7.85. The number of pyridine rings is 1. The van der Waals surface area contributed by atoms with Gasteiger partial charge in [-0.05, 0) is 71.0 Å². The van der Waals surface area contributed by atoms with Crippen molar-refractivity contribution in [3.63, 3.8) is 0 Å². The maximum Gasteiger partial charge on any atom is 0.145 e. The molecule has 1 atom stereocenters. The van der Waals surface area contributed by atoms with Gasteiger partial charge >= 0.3 is 0 Å². The van der Waals surface area contributed by atoms with E-state index >= 15 is 0 Å². The van der Waals surface area contributed by atoms with E-state index in [9.17, 15) is 8.60 Å². The molecule has 0 aliphatic heterocycles. The number of benzene rings is 1. The first-order valence-corrected chi connectivity index (χ1v) is 8.50. The zero-order valence-corrected chi connectivity index (χ0v) is 14.9. The van der Waals surface area contributed by atoms with Crippen LogP contribution < -0.4 is 0 Å². The van der Waals surface area contributed by atoms with Gasteiger partial charge in [-0.15, -0.1) is 0 Å². The van der Waals surface area contributed by atoms with Gasteiger partial charge in [-0.3, -0.25) is 4.98 Å². The van der Waals surface area contributed by atoms with E-state index in [0.29, 0.717) is 5.71 Å². The topological polar surface area (TPSA) is 42.3 Å². The molecule has 1 aromatic heterocycles. The molecule has 0 N–H and O–H groups in total. The van der Waals surface area contributed by atoms with Gasteiger partial charge in [0, 0.05) is 16.8 Å². The standard InChI is InChI=1S/C18H21FN2OS/c1-12-10-15(13(2)21-23(22)18(3,4)5)11-17(20-12)14-6-8-16(19)9-7-14/h6-11H,1-5H3. The maximum absolute atomic E-state index is 13.1. The summed E-state index contributed by atoms with van der Waals surface area (Å²) in [5.41, 5.74) is 3.98. The van der Waals surface area contributed by atoms with Crippen molar-refractivity contribution in [2.75, 3.05) is 0 Å². The minimum atomic E-state index is -1.31. The van der Waals surface area contributed by atoms with Crippen LogP contribution in [-0.4, -0.2) is 19.7 Å². The van der Waals surface area contributed by atoms with Crippen molar-refractivity contribution in [2.24, 2.45) is 4.40 Å². The van der Waals surface area contributed by atoms with Gasteiger partial charge in [0.2, 0.25) is 0 Å². The number of hydrogen-bond acceptors (Lipinski definition) is 2. The van der Waals surface area contributed by atoms with Crippen LogP contribution in [0.4, 0.5) is 4.39 Å². The minimum Gasteiger partial charge on any atom is -0.253 e. The molecule has 0 radical (unpaired) electrons. The van der Waals surface area contributed by atoms with E-state index in [-0.39, 0.29) is 5.82 Å². The molecule has 0 spiro atoms. The van der Waals surface area contributed by atoms with E-state index in [1.54, 1.807) is 12.1 Å². The zero-order chi connectivity index (χ0) is 17.2. The third kappa shape index (κ3) is 4.55. The van der Waals surface area contributed by atoms with Gasteiger partial charge in [-0.1, -0.05) is 0 Å². The summed E-state index contributed by atoms with van der Waals surface area (Å²) in [5.74, 6) is -0.278. The van der Waals surface area contributed by atoms with Crippen LogP contribution in [-0.2, 0) is 11.0 Å². The predicted molar refractivity (Wildman–Crippen MR) is 94.5 cm³/mol. The third-order valence-corrected chi connectivity index (χ3v) is 4.74. The van der Waals surface area contributed by atoms with E-state index in [2.05, 4.69) is 9.38 Å². The van der Waals surface area contributed by atoms with Crippen molar-refractivity contribution in [1.82, 2.24) is 4.98 Å². The lowest BCUT2D eigenvalue weighted by Gasteiger charge is -2.14. The quantitative estimate of drug-likeness (QED) is 0.778. The highest BCUT2D eigenvalue weighted by Crippen LogP contribution is 2.21. The highest BCUT2D eigenvalue weighted by atomic mass is 32.2. The highest BCUT2D eigenvalue weighted by Gasteiger charge is 2.19. The smallest absolute Gasteiger partial charge is 0.145 e. The van der Waals surface area contributed by atoms with Crippen molar-refractivity contribution in [3.8, 4) is 11.3 Å². The lowest BCUT2D eigenvalue weighted by Crippen LogP contribution is -2.20. The van der Waals surface area contributed by atoms with Crippen LogP contribution in [0.5, 0.6) is 0 Å². The van der Waals surface area contributed by atoms with Gasteiger partial charge in [-0.2, -0.15) is 4.40 Å². The summed E-state index contributed by atoms with van der Waals surface area (Å²) in [7, 11) is -1.31. The van der Waals surface area contributed by atoms with Crippen molar-refractivity contribution < 1.29 is 8.60 Å². The van der Waals surface area contributed by atoms with Gasteiger partial charge in [0.25, 0.3) is 0 Å². The second-order valence-corrected chi connectivity index (χ2v) is 8.33. The monoisotopic (exact) mass is 332 g/mol. The van der Waals surface area contributed by atoms with Gasteiger partial charge in [0.1, 0.15) is 16.8 Å². The van der Waals surface area contributed by atoms with Crippen LogP contribution in [0, 0.1) is 12.7 Å². The molecule has 0 saturated carbocycles. The first kappa shape index (κ1) is 17.5. The Balaban J connectivity index is 2.43. The Morgan fingerprint density at radius 2 is 1.78 bits per heavy atom.